The number of amides is 1. The summed E-state index contributed by atoms with van der Waals surface area (Å²) in [6.45, 7) is 0. The summed E-state index contributed by atoms with van der Waals surface area (Å²) in [5, 5.41) is 30.7. The number of hydrogen-bond acceptors (Lipinski definition) is 9. The molecule has 2 heterocycles. The third kappa shape index (κ3) is 5.46. The molecule has 1 amide bonds. The second kappa shape index (κ2) is 11.3. The Hall–Kier alpha value is -3.57. The molecule has 5 rings (SSSR count). The monoisotopic (exact) mass is 599 g/mol. The molecule has 0 saturated carbocycles. The molecule has 1 fully saturated rings. The maximum atomic E-state index is 13.3. The summed E-state index contributed by atoms with van der Waals surface area (Å²) in [5.41, 5.74) is 1.59. The molecule has 12 heteroatoms. The van der Waals surface area contributed by atoms with E-state index in [2.05, 4.69) is 10.2 Å². The number of benzene rings is 3. The number of thioether (sulfide) groups is 1. The first-order valence-corrected chi connectivity index (χ1v) is 14.0. The van der Waals surface area contributed by atoms with Gasteiger partial charge in [-0.1, -0.05) is 64.5 Å². The number of ketones is 1. The highest BCUT2D eigenvalue weighted by Crippen LogP contribution is 2.44. The summed E-state index contributed by atoms with van der Waals surface area (Å²) >= 11 is 14.8. The minimum absolute atomic E-state index is 0.0151. The van der Waals surface area contributed by atoms with Gasteiger partial charge in [0.05, 0.1) is 18.7 Å². The average Bonchev–Trinajstić information content (AvgIpc) is 3.50. The number of rotatable bonds is 7. The Morgan fingerprint density at radius 2 is 1.77 bits per heavy atom. The number of carbonyl (C=O) groups is 2. The predicted molar refractivity (Wildman–Crippen MR) is 152 cm³/mol. The Morgan fingerprint density at radius 1 is 1.05 bits per heavy atom. The highest BCUT2D eigenvalue weighted by atomic mass is 35.5. The van der Waals surface area contributed by atoms with Crippen LogP contribution in [0.5, 0.6) is 11.5 Å². The molecule has 0 bridgehead atoms. The summed E-state index contributed by atoms with van der Waals surface area (Å²) in [6.07, 6.45) is 0. The Kier molecular flexibility index (Phi) is 7.81. The number of phenolic OH excluding ortho intramolecular Hbond substituents is 1. The maximum Gasteiger partial charge on any atom is 0.301 e. The number of aliphatic hydroxyl groups excluding tert-OH is 1. The van der Waals surface area contributed by atoms with Gasteiger partial charge in [-0.25, -0.2) is 0 Å². The van der Waals surface area contributed by atoms with Crippen molar-refractivity contribution in [2.45, 2.75) is 16.1 Å². The summed E-state index contributed by atoms with van der Waals surface area (Å²) in [4.78, 5) is 27.9. The third-order valence-corrected chi connectivity index (χ3v) is 8.68. The highest BCUT2D eigenvalue weighted by molar-refractivity contribution is 8.00. The lowest BCUT2D eigenvalue weighted by atomic mass is 9.95. The second-order valence-electron chi connectivity index (χ2n) is 8.36. The lowest BCUT2D eigenvalue weighted by Crippen LogP contribution is -2.29. The molecule has 0 radical (unpaired) electrons. The number of hydrogen-bond donors (Lipinski definition) is 2. The van der Waals surface area contributed by atoms with E-state index in [1.165, 1.54) is 35.9 Å². The molecule has 39 heavy (non-hydrogen) atoms. The molecule has 0 aliphatic carbocycles. The zero-order chi connectivity index (χ0) is 27.7. The van der Waals surface area contributed by atoms with E-state index in [4.69, 9.17) is 27.9 Å². The Bertz CT molecular complexity index is 1590. The number of aromatic nitrogens is 2. The minimum Gasteiger partial charge on any atom is -0.508 e. The van der Waals surface area contributed by atoms with Gasteiger partial charge in [-0.3, -0.25) is 14.5 Å². The minimum atomic E-state index is -0.996. The van der Waals surface area contributed by atoms with Crippen LogP contribution in [0.1, 0.15) is 22.7 Å². The van der Waals surface area contributed by atoms with E-state index < -0.39 is 17.7 Å². The van der Waals surface area contributed by atoms with Crippen LogP contribution in [0.4, 0.5) is 5.13 Å². The Labute approximate surface area is 241 Å². The fraction of sp³-hybridized carbons (Fsp3) is 0.111. The lowest BCUT2D eigenvalue weighted by Gasteiger charge is -2.22. The summed E-state index contributed by atoms with van der Waals surface area (Å²) < 4.78 is 5.72. The fourth-order valence-electron chi connectivity index (χ4n) is 4.04. The van der Waals surface area contributed by atoms with Crippen molar-refractivity contribution in [1.82, 2.24) is 10.2 Å². The van der Waals surface area contributed by atoms with Crippen molar-refractivity contribution >= 4 is 68.9 Å². The molecule has 1 aliphatic rings. The number of Topliss-reactive ketones (excluding diaryl/α,β-unsaturated/α-hetero) is 1. The van der Waals surface area contributed by atoms with Gasteiger partial charge in [-0.05, 0) is 59.7 Å². The molecule has 2 N–H and O–H groups in total. The normalized spacial score (nSPS) is 16.6. The fourth-order valence-corrected chi connectivity index (χ4v) is 6.47. The van der Waals surface area contributed by atoms with Crippen molar-refractivity contribution < 1.29 is 24.5 Å². The van der Waals surface area contributed by atoms with Crippen LogP contribution in [0.15, 0.2) is 76.6 Å². The van der Waals surface area contributed by atoms with E-state index in [9.17, 15) is 19.8 Å². The topological polar surface area (TPSA) is 113 Å². The molecule has 1 saturated heterocycles. The molecule has 1 atom stereocenters. The first kappa shape index (κ1) is 27.0. The number of aliphatic hydroxyl groups is 1. The number of ether oxygens (including phenoxy) is 1. The summed E-state index contributed by atoms with van der Waals surface area (Å²) in [6, 6.07) is 16.8. The van der Waals surface area contributed by atoms with Gasteiger partial charge in [0, 0.05) is 21.4 Å². The van der Waals surface area contributed by atoms with Gasteiger partial charge >= 0.3 is 5.91 Å². The van der Waals surface area contributed by atoms with Crippen LogP contribution in [-0.2, 0) is 15.3 Å². The zero-order valence-electron chi connectivity index (χ0n) is 20.2. The first-order valence-electron chi connectivity index (χ1n) is 11.4. The van der Waals surface area contributed by atoms with E-state index in [1.54, 1.807) is 48.5 Å². The van der Waals surface area contributed by atoms with E-state index in [0.29, 0.717) is 37.0 Å². The number of anilines is 1. The second-order valence-corrected chi connectivity index (χ2v) is 11.4. The van der Waals surface area contributed by atoms with Gasteiger partial charge in [0.1, 0.15) is 17.3 Å². The van der Waals surface area contributed by atoms with Crippen molar-refractivity contribution in [1.29, 1.82) is 0 Å². The predicted octanol–water partition coefficient (Wildman–Crippen LogP) is 6.48. The van der Waals surface area contributed by atoms with Gasteiger partial charge in [-0.2, -0.15) is 0 Å². The van der Waals surface area contributed by atoms with Crippen molar-refractivity contribution in [3.8, 4) is 11.5 Å². The molecular formula is C27H19Cl2N3O5S2. The van der Waals surface area contributed by atoms with E-state index in [1.807, 2.05) is 6.07 Å². The Morgan fingerprint density at radius 3 is 2.44 bits per heavy atom. The van der Waals surface area contributed by atoms with E-state index >= 15 is 0 Å². The quantitative estimate of drug-likeness (QED) is 0.0816. The van der Waals surface area contributed by atoms with Crippen LogP contribution >= 0.6 is 46.3 Å². The van der Waals surface area contributed by atoms with Crippen molar-refractivity contribution in [3.63, 3.8) is 0 Å². The Balaban J connectivity index is 1.52. The molecule has 1 unspecified atom stereocenters. The molecule has 8 nitrogen and oxygen atoms in total. The van der Waals surface area contributed by atoms with Gasteiger partial charge in [0.15, 0.2) is 4.34 Å². The van der Waals surface area contributed by atoms with Crippen molar-refractivity contribution in [2.75, 3.05) is 12.0 Å². The number of methoxy groups -OCH3 is 1. The van der Waals surface area contributed by atoms with Crippen LogP contribution in [0.3, 0.4) is 0 Å². The highest BCUT2D eigenvalue weighted by Gasteiger charge is 2.48. The molecule has 3 aromatic carbocycles. The van der Waals surface area contributed by atoms with Gasteiger partial charge in [0.25, 0.3) is 5.78 Å². The van der Waals surface area contributed by atoms with Crippen LogP contribution in [0.2, 0.25) is 10.0 Å². The standard InChI is InChI=1S/C27H19Cl2N3O5S2/c1-37-19-10-5-15(6-11-19)23(34)21-22(14-3-8-18(33)9-4-14)32(25(36)24(21)35)26-30-31-27(39-26)38-13-16-2-7-17(28)12-20(16)29/h2-12,22,33-34H,13H2,1H3/b23-21-. The number of halogens is 2. The van der Waals surface area contributed by atoms with Gasteiger partial charge in [0.2, 0.25) is 5.13 Å². The number of phenols is 1. The molecule has 198 valence electrons. The van der Waals surface area contributed by atoms with Gasteiger partial charge in [-0.15, -0.1) is 10.2 Å². The SMILES string of the molecule is COc1ccc(/C(O)=C2/C(=O)C(=O)N(c3nnc(SCc4ccc(Cl)cc4Cl)s3)C2c2ccc(O)cc2)cc1. The number of aromatic hydroxyl groups is 1. The van der Waals surface area contributed by atoms with Crippen LogP contribution in [-0.4, -0.2) is 39.2 Å². The smallest absolute Gasteiger partial charge is 0.301 e. The number of carbonyl (C=O) groups excluding carboxylic acids is 2. The largest absolute Gasteiger partial charge is 0.508 e. The molecular weight excluding hydrogens is 581 g/mol. The maximum absolute atomic E-state index is 13.3. The van der Waals surface area contributed by atoms with Crippen LogP contribution in [0, 0.1) is 0 Å². The molecule has 1 aliphatic heterocycles. The molecule has 4 aromatic rings. The zero-order valence-corrected chi connectivity index (χ0v) is 23.3. The third-order valence-electron chi connectivity index (χ3n) is 5.98. The molecule has 0 spiro atoms. The lowest BCUT2D eigenvalue weighted by molar-refractivity contribution is -0.132. The van der Waals surface area contributed by atoms with Crippen molar-refractivity contribution in [2.24, 2.45) is 0 Å². The van der Waals surface area contributed by atoms with E-state index in [-0.39, 0.29) is 22.2 Å². The average molecular weight is 601 g/mol. The summed E-state index contributed by atoms with van der Waals surface area (Å²) in [5.74, 6) is -0.979. The van der Waals surface area contributed by atoms with E-state index in [0.717, 1.165) is 16.9 Å². The first-order chi connectivity index (χ1) is 18.8. The summed E-state index contributed by atoms with van der Waals surface area (Å²) in [7, 11) is 1.52. The molecule has 1 aromatic heterocycles. The van der Waals surface area contributed by atoms with Crippen molar-refractivity contribution in [3.05, 3.63) is 99.0 Å². The van der Waals surface area contributed by atoms with Gasteiger partial charge < -0.3 is 14.9 Å². The number of nitrogens with zero attached hydrogens (tertiary/aromatic N) is 3. The van der Waals surface area contributed by atoms with Crippen LogP contribution in [0.25, 0.3) is 5.76 Å². The van der Waals surface area contributed by atoms with Crippen LogP contribution < -0.4 is 9.64 Å².